The zero-order valence-corrected chi connectivity index (χ0v) is 14.6. The summed E-state index contributed by atoms with van der Waals surface area (Å²) >= 11 is 0. The van der Waals surface area contributed by atoms with Gasteiger partial charge in [-0.2, -0.15) is 5.10 Å². The lowest BCUT2D eigenvalue weighted by atomic mass is 10.2. The topological polar surface area (TPSA) is 62.1 Å². The van der Waals surface area contributed by atoms with Crippen LogP contribution in [0.15, 0.2) is 60.9 Å². The largest absolute Gasteiger partial charge is 0.497 e. The highest BCUT2D eigenvalue weighted by atomic mass is 16.5. The predicted molar refractivity (Wildman–Crippen MR) is 99.4 cm³/mol. The fraction of sp³-hybridized carbons (Fsp3) is 0.150. The lowest BCUT2D eigenvalue weighted by Crippen LogP contribution is -1.99. The summed E-state index contributed by atoms with van der Waals surface area (Å²) in [6.45, 7) is 0.657. The molecule has 0 spiro atoms. The zero-order valence-electron chi connectivity index (χ0n) is 14.6. The van der Waals surface area contributed by atoms with Crippen LogP contribution in [-0.4, -0.2) is 34.0 Å². The second kappa shape index (κ2) is 6.84. The molecule has 0 radical (unpaired) electrons. The molecule has 2 aromatic carbocycles. The van der Waals surface area contributed by atoms with Gasteiger partial charge in [-0.1, -0.05) is 24.3 Å². The molecule has 6 nitrogen and oxygen atoms in total. The van der Waals surface area contributed by atoms with E-state index in [1.165, 1.54) is 0 Å². The van der Waals surface area contributed by atoms with Gasteiger partial charge in [0.2, 0.25) is 0 Å². The van der Waals surface area contributed by atoms with Crippen molar-refractivity contribution in [3.8, 4) is 22.9 Å². The van der Waals surface area contributed by atoms with E-state index >= 15 is 0 Å². The molecule has 4 aromatic rings. The summed E-state index contributed by atoms with van der Waals surface area (Å²) in [7, 11) is 3.30. The van der Waals surface area contributed by atoms with Crippen LogP contribution in [-0.2, 0) is 6.54 Å². The van der Waals surface area contributed by atoms with E-state index in [1.807, 2.05) is 59.4 Å². The number of ether oxygens (including phenoxy) is 2. The van der Waals surface area contributed by atoms with Crippen LogP contribution in [0.2, 0.25) is 0 Å². The first-order chi connectivity index (χ1) is 12.8. The van der Waals surface area contributed by atoms with Gasteiger partial charge in [0, 0.05) is 0 Å². The third kappa shape index (κ3) is 3.09. The van der Waals surface area contributed by atoms with Crippen LogP contribution in [0, 0.1) is 0 Å². The number of hydrogen-bond acceptors (Lipinski definition) is 5. The second-order valence-corrected chi connectivity index (χ2v) is 5.84. The molecule has 0 aliphatic rings. The van der Waals surface area contributed by atoms with Crippen molar-refractivity contribution in [3.05, 3.63) is 66.5 Å². The molecule has 0 saturated carbocycles. The predicted octanol–water partition coefficient (Wildman–Crippen LogP) is 3.56. The van der Waals surface area contributed by atoms with Gasteiger partial charge in [0.25, 0.3) is 0 Å². The molecule has 2 heterocycles. The number of fused-ring (bicyclic) bond motifs is 1. The molecule has 0 amide bonds. The normalized spacial score (nSPS) is 10.8. The van der Waals surface area contributed by atoms with Crippen LogP contribution in [0.4, 0.5) is 0 Å². The van der Waals surface area contributed by atoms with Crippen molar-refractivity contribution >= 4 is 11.0 Å². The maximum atomic E-state index is 5.40. The minimum absolute atomic E-state index is 0.624. The first-order valence-corrected chi connectivity index (χ1v) is 8.23. The third-order valence-corrected chi connectivity index (χ3v) is 4.16. The highest BCUT2D eigenvalue weighted by Crippen LogP contribution is 2.27. The number of benzene rings is 2. The summed E-state index contributed by atoms with van der Waals surface area (Å²) in [5, 5.41) is 4.56. The summed E-state index contributed by atoms with van der Waals surface area (Å²) < 4.78 is 12.5. The first kappa shape index (κ1) is 16.1. The van der Waals surface area contributed by atoms with E-state index in [0.29, 0.717) is 12.4 Å². The number of aromatic nitrogens is 4. The monoisotopic (exact) mass is 346 g/mol. The fourth-order valence-electron chi connectivity index (χ4n) is 2.83. The van der Waals surface area contributed by atoms with E-state index in [0.717, 1.165) is 33.7 Å². The quantitative estimate of drug-likeness (QED) is 0.553. The van der Waals surface area contributed by atoms with E-state index < -0.39 is 0 Å². The lowest BCUT2D eigenvalue weighted by Gasteiger charge is -2.06. The van der Waals surface area contributed by atoms with Gasteiger partial charge in [-0.25, -0.2) is 9.97 Å². The van der Waals surface area contributed by atoms with Crippen molar-refractivity contribution in [2.24, 2.45) is 0 Å². The van der Waals surface area contributed by atoms with Crippen molar-refractivity contribution in [2.75, 3.05) is 14.2 Å². The molecule has 6 heteroatoms. The van der Waals surface area contributed by atoms with Crippen molar-refractivity contribution in [2.45, 2.75) is 6.54 Å². The Morgan fingerprint density at radius 2 is 1.73 bits per heavy atom. The van der Waals surface area contributed by atoms with E-state index in [9.17, 15) is 0 Å². The number of rotatable bonds is 5. The Kier molecular flexibility index (Phi) is 4.23. The van der Waals surface area contributed by atoms with E-state index in [4.69, 9.17) is 9.47 Å². The van der Waals surface area contributed by atoms with Gasteiger partial charge in [0.15, 0.2) is 5.82 Å². The Hall–Kier alpha value is -3.41. The summed E-state index contributed by atoms with van der Waals surface area (Å²) in [6, 6.07) is 15.6. The van der Waals surface area contributed by atoms with E-state index in [2.05, 4.69) is 15.1 Å². The Bertz CT molecular complexity index is 1040. The van der Waals surface area contributed by atoms with Gasteiger partial charge in [0.1, 0.15) is 22.5 Å². The molecule has 26 heavy (non-hydrogen) atoms. The van der Waals surface area contributed by atoms with Crippen LogP contribution in [0.5, 0.6) is 11.5 Å². The van der Waals surface area contributed by atoms with Crippen LogP contribution in [0.1, 0.15) is 5.56 Å². The maximum Gasteiger partial charge on any atom is 0.163 e. The van der Waals surface area contributed by atoms with Crippen molar-refractivity contribution in [1.29, 1.82) is 0 Å². The summed E-state index contributed by atoms with van der Waals surface area (Å²) in [5.74, 6) is 2.21. The molecule has 0 aliphatic heterocycles. The Morgan fingerprint density at radius 1 is 0.923 bits per heavy atom. The SMILES string of the molecule is COc1ccc(Cn2cc3nc(-c4ccccc4OC)ncc3n2)cc1. The molecule has 0 aliphatic carbocycles. The van der Waals surface area contributed by atoms with E-state index in [1.54, 1.807) is 20.4 Å². The summed E-state index contributed by atoms with van der Waals surface area (Å²) in [4.78, 5) is 9.09. The molecule has 0 N–H and O–H groups in total. The molecule has 2 aromatic heterocycles. The molecule has 0 atom stereocenters. The molecular formula is C20H18N4O2. The van der Waals surface area contributed by atoms with E-state index in [-0.39, 0.29) is 0 Å². The third-order valence-electron chi connectivity index (χ3n) is 4.16. The molecular weight excluding hydrogens is 328 g/mol. The van der Waals surface area contributed by atoms with Crippen LogP contribution < -0.4 is 9.47 Å². The highest BCUT2D eigenvalue weighted by Gasteiger charge is 2.10. The van der Waals surface area contributed by atoms with Gasteiger partial charge in [0.05, 0.1) is 38.7 Å². The van der Waals surface area contributed by atoms with Gasteiger partial charge in [-0.15, -0.1) is 0 Å². The molecule has 130 valence electrons. The minimum Gasteiger partial charge on any atom is -0.497 e. The van der Waals surface area contributed by atoms with Crippen LogP contribution in [0.3, 0.4) is 0 Å². The second-order valence-electron chi connectivity index (χ2n) is 5.84. The molecule has 0 unspecified atom stereocenters. The minimum atomic E-state index is 0.624. The number of nitrogens with zero attached hydrogens (tertiary/aromatic N) is 4. The molecule has 0 bridgehead atoms. The van der Waals surface area contributed by atoms with Crippen LogP contribution >= 0.6 is 0 Å². The zero-order chi connectivity index (χ0) is 17.9. The van der Waals surface area contributed by atoms with Gasteiger partial charge in [-0.3, -0.25) is 4.68 Å². The number of hydrogen-bond donors (Lipinski definition) is 0. The number of methoxy groups -OCH3 is 2. The summed E-state index contributed by atoms with van der Waals surface area (Å²) in [6.07, 6.45) is 3.68. The average Bonchev–Trinajstić information content (AvgIpc) is 3.10. The molecule has 0 saturated heterocycles. The van der Waals surface area contributed by atoms with Gasteiger partial charge < -0.3 is 9.47 Å². The highest BCUT2D eigenvalue weighted by molar-refractivity contribution is 5.76. The maximum absolute atomic E-state index is 5.40. The van der Waals surface area contributed by atoms with Crippen molar-refractivity contribution < 1.29 is 9.47 Å². The smallest absolute Gasteiger partial charge is 0.163 e. The van der Waals surface area contributed by atoms with Crippen molar-refractivity contribution in [3.63, 3.8) is 0 Å². The Labute approximate surface area is 151 Å². The molecule has 0 fully saturated rings. The van der Waals surface area contributed by atoms with Crippen LogP contribution in [0.25, 0.3) is 22.4 Å². The lowest BCUT2D eigenvalue weighted by molar-refractivity contribution is 0.414. The molecule has 4 rings (SSSR count). The first-order valence-electron chi connectivity index (χ1n) is 8.23. The van der Waals surface area contributed by atoms with Gasteiger partial charge in [-0.05, 0) is 29.8 Å². The van der Waals surface area contributed by atoms with Crippen molar-refractivity contribution in [1.82, 2.24) is 19.7 Å². The Morgan fingerprint density at radius 3 is 2.50 bits per heavy atom. The average molecular weight is 346 g/mol. The standard InChI is InChI=1S/C20H18N4O2/c1-25-15-9-7-14(8-10-15)12-24-13-18-17(23-24)11-21-20(22-18)16-5-3-4-6-19(16)26-2/h3-11,13H,12H2,1-2H3. The van der Waals surface area contributed by atoms with Gasteiger partial charge >= 0.3 is 0 Å². The summed E-state index contributed by atoms with van der Waals surface area (Å²) in [5.41, 5.74) is 3.56. The number of para-hydroxylation sites is 1. The Balaban J connectivity index is 1.65. The fourth-order valence-corrected chi connectivity index (χ4v) is 2.83.